The molecule has 0 N–H and O–H groups in total. The predicted molar refractivity (Wildman–Crippen MR) is 95.7 cm³/mol. The van der Waals surface area contributed by atoms with E-state index in [-0.39, 0.29) is 0 Å². The van der Waals surface area contributed by atoms with Crippen LogP contribution >= 0.6 is 11.6 Å². The van der Waals surface area contributed by atoms with Crippen LogP contribution in [0, 0.1) is 0 Å². The van der Waals surface area contributed by atoms with Gasteiger partial charge in [0.05, 0.1) is 0 Å². The van der Waals surface area contributed by atoms with Crippen LogP contribution in [-0.2, 0) is 6.42 Å². The average molecular weight is 335 g/mol. The maximum Gasteiger partial charge on any atom is 0.247 e. The van der Waals surface area contributed by atoms with Gasteiger partial charge in [-0.05, 0) is 30.7 Å². The zero-order valence-electron chi connectivity index (χ0n) is 14.1. The standard InChI is InChI=1S/C19H27ClN2O/c1-2-3-4-5-6-7-8-9-10-11-18-21-22-19(23-18)16-12-14-17(20)15-13-16/h12-15H,2-11H2,1H3. The number of aromatic nitrogens is 2. The van der Waals surface area contributed by atoms with Crippen molar-refractivity contribution in [1.29, 1.82) is 0 Å². The van der Waals surface area contributed by atoms with E-state index in [2.05, 4.69) is 17.1 Å². The van der Waals surface area contributed by atoms with E-state index in [1.807, 2.05) is 24.3 Å². The summed E-state index contributed by atoms with van der Waals surface area (Å²) in [7, 11) is 0. The molecule has 1 aromatic heterocycles. The molecule has 1 aromatic carbocycles. The Bertz CT molecular complexity index is 551. The van der Waals surface area contributed by atoms with Gasteiger partial charge in [-0.1, -0.05) is 69.9 Å². The molecule has 126 valence electrons. The molecule has 3 nitrogen and oxygen atoms in total. The number of aryl methyl sites for hydroxylation is 1. The summed E-state index contributed by atoms with van der Waals surface area (Å²) in [5, 5.41) is 8.96. The average Bonchev–Trinajstić information content (AvgIpc) is 3.03. The molecule has 0 unspecified atom stereocenters. The van der Waals surface area contributed by atoms with Crippen molar-refractivity contribution in [2.24, 2.45) is 0 Å². The van der Waals surface area contributed by atoms with Crippen molar-refractivity contribution in [1.82, 2.24) is 10.2 Å². The fourth-order valence-electron chi connectivity index (χ4n) is 2.65. The van der Waals surface area contributed by atoms with Crippen molar-refractivity contribution in [2.45, 2.75) is 71.1 Å². The molecule has 0 saturated heterocycles. The number of nitrogens with zero attached hydrogens (tertiary/aromatic N) is 2. The monoisotopic (exact) mass is 334 g/mol. The summed E-state index contributed by atoms with van der Waals surface area (Å²) in [6, 6.07) is 7.47. The Balaban J connectivity index is 1.61. The Morgan fingerprint density at radius 1 is 0.826 bits per heavy atom. The van der Waals surface area contributed by atoms with Crippen molar-refractivity contribution in [3.8, 4) is 11.5 Å². The van der Waals surface area contributed by atoms with E-state index in [1.165, 1.54) is 51.4 Å². The molecular formula is C19H27ClN2O. The fraction of sp³-hybridized carbons (Fsp3) is 0.579. The van der Waals surface area contributed by atoms with Gasteiger partial charge in [0.15, 0.2) is 0 Å². The third-order valence-corrected chi connectivity index (χ3v) is 4.30. The number of rotatable bonds is 11. The molecule has 23 heavy (non-hydrogen) atoms. The molecule has 0 spiro atoms. The molecule has 0 amide bonds. The van der Waals surface area contributed by atoms with E-state index < -0.39 is 0 Å². The molecule has 0 radical (unpaired) electrons. The lowest BCUT2D eigenvalue weighted by molar-refractivity contribution is 0.485. The first-order valence-corrected chi connectivity index (χ1v) is 9.25. The van der Waals surface area contributed by atoms with Crippen LogP contribution in [0.5, 0.6) is 0 Å². The van der Waals surface area contributed by atoms with Gasteiger partial charge in [-0.2, -0.15) is 0 Å². The molecule has 2 rings (SSSR count). The van der Waals surface area contributed by atoms with Crippen LogP contribution < -0.4 is 0 Å². The van der Waals surface area contributed by atoms with E-state index in [9.17, 15) is 0 Å². The molecule has 0 aliphatic heterocycles. The second kappa shape index (κ2) is 10.4. The largest absolute Gasteiger partial charge is 0.421 e. The van der Waals surface area contributed by atoms with E-state index in [1.54, 1.807) is 0 Å². The summed E-state index contributed by atoms with van der Waals surface area (Å²) in [4.78, 5) is 0. The van der Waals surface area contributed by atoms with E-state index in [0.29, 0.717) is 10.9 Å². The Labute approximate surface area is 144 Å². The van der Waals surface area contributed by atoms with Crippen molar-refractivity contribution >= 4 is 11.6 Å². The molecular weight excluding hydrogens is 308 g/mol. The van der Waals surface area contributed by atoms with Crippen LogP contribution in [0.1, 0.15) is 70.6 Å². The molecule has 0 aliphatic carbocycles. The Kier molecular flexibility index (Phi) is 8.16. The molecule has 1 heterocycles. The van der Waals surface area contributed by atoms with Gasteiger partial charge in [-0.3, -0.25) is 0 Å². The van der Waals surface area contributed by atoms with Crippen LogP contribution in [0.4, 0.5) is 0 Å². The van der Waals surface area contributed by atoms with Crippen LogP contribution in [0.3, 0.4) is 0 Å². The Hall–Kier alpha value is -1.35. The number of unbranched alkanes of at least 4 members (excludes halogenated alkanes) is 8. The van der Waals surface area contributed by atoms with Gasteiger partial charge in [0.2, 0.25) is 11.8 Å². The first-order valence-electron chi connectivity index (χ1n) is 8.88. The predicted octanol–water partition coefficient (Wildman–Crippen LogP) is 6.46. The van der Waals surface area contributed by atoms with Crippen LogP contribution in [0.25, 0.3) is 11.5 Å². The summed E-state index contributed by atoms with van der Waals surface area (Å²) in [5.74, 6) is 1.31. The third kappa shape index (κ3) is 6.74. The SMILES string of the molecule is CCCCCCCCCCCc1nnc(-c2ccc(Cl)cc2)o1. The second-order valence-corrected chi connectivity index (χ2v) is 6.52. The Morgan fingerprint density at radius 2 is 1.43 bits per heavy atom. The fourth-order valence-corrected chi connectivity index (χ4v) is 2.78. The maximum absolute atomic E-state index is 5.88. The summed E-state index contributed by atoms with van der Waals surface area (Å²) >= 11 is 5.88. The second-order valence-electron chi connectivity index (χ2n) is 6.09. The molecule has 2 aromatic rings. The number of hydrogen-bond donors (Lipinski definition) is 0. The Morgan fingerprint density at radius 3 is 2.09 bits per heavy atom. The minimum Gasteiger partial charge on any atom is -0.421 e. The van der Waals surface area contributed by atoms with Gasteiger partial charge < -0.3 is 4.42 Å². The summed E-state index contributed by atoms with van der Waals surface area (Å²) in [5.41, 5.74) is 0.917. The van der Waals surface area contributed by atoms with Crippen LogP contribution in [0.2, 0.25) is 5.02 Å². The van der Waals surface area contributed by atoms with Crippen LogP contribution in [0.15, 0.2) is 28.7 Å². The number of hydrogen-bond acceptors (Lipinski definition) is 3. The molecule has 0 atom stereocenters. The summed E-state index contributed by atoms with van der Waals surface area (Å²) in [6.45, 7) is 2.26. The summed E-state index contributed by atoms with van der Waals surface area (Å²) < 4.78 is 5.72. The van der Waals surface area contributed by atoms with Crippen LogP contribution in [-0.4, -0.2) is 10.2 Å². The first kappa shape index (κ1) is 18.0. The first-order chi connectivity index (χ1) is 11.3. The van der Waals surface area contributed by atoms with Gasteiger partial charge in [-0.25, -0.2) is 0 Å². The van der Waals surface area contributed by atoms with Gasteiger partial charge >= 0.3 is 0 Å². The lowest BCUT2D eigenvalue weighted by Crippen LogP contribution is -1.86. The third-order valence-electron chi connectivity index (χ3n) is 4.05. The minimum absolute atomic E-state index is 0.576. The lowest BCUT2D eigenvalue weighted by atomic mass is 10.1. The van der Waals surface area contributed by atoms with Gasteiger partial charge in [0.1, 0.15) is 0 Å². The topological polar surface area (TPSA) is 38.9 Å². The zero-order chi connectivity index (χ0) is 16.3. The molecule has 4 heteroatoms. The smallest absolute Gasteiger partial charge is 0.247 e. The van der Waals surface area contributed by atoms with Gasteiger partial charge in [-0.15, -0.1) is 10.2 Å². The normalized spacial score (nSPS) is 11.0. The van der Waals surface area contributed by atoms with Gasteiger partial charge in [0, 0.05) is 17.0 Å². The van der Waals surface area contributed by atoms with E-state index in [4.69, 9.17) is 16.0 Å². The summed E-state index contributed by atoms with van der Waals surface area (Å²) in [6.07, 6.45) is 12.8. The number of benzene rings is 1. The van der Waals surface area contributed by atoms with Crippen molar-refractivity contribution in [3.63, 3.8) is 0 Å². The van der Waals surface area contributed by atoms with Crippen molar-refractivity contribution in [2.75, 3.05) is 0 Å². The highest BCUT2D eigenvalue weighted by Crippen LogP contribution is 2.21. The molecule has 0 fully saturated rings. The molecule has 0 saturated carbocycles. The van der Waals surface area contributed by atoms with Crippen molar-refractivity contribution < 1.29 is 4.42 Å². The lowest BCUT2D eigenvalue weighted by Gasteiger charge is -2.00. The quantitative estimate of drug-likeness (QED) is 0.442. The molecule has 0 aliphatic rings. The zero-order valence-corrected chi connectivity index (χ0v) is 14.8. The molecule has 0 bridgehead atoms. The minimum atomic E-state index is 0.576. The van der Waals surface area contributed by atoms with E-state index in [0.717, 1.165) is 24.3 Å². The van der Waals surface area contributed by atoms with E-state index >= 15 is 0 Å². The van der Waals surface area contributed by atoms with Gasteiger partial charge in [0.25, 0.3) is 0 Å². The highest BCUT2D eigenvalue weighted by molar-refractivity contribution is 6.30. The number of halogens is 1. The highest BCUT2D eigenvalue weighted by atomic mass is 35.5. The van der Waals surface area contributed by atoms with Crippen molar-refractivity contribution in [3.05, 3.63) is 35.2 Å². The maximum atomic E-state index is 5.88. The highest BCUT2D eigenvalue weighted by Gasteiger charge is 2.08.